The lowest BCUT2D eigenvalue weighted by atomic mass is 9.81. The summed E-state index contributed by atoms with van der Waals surface area (Å²) >= 11 is 7.69. The van der Waals surface area contributed by atoms with Gasteiger partial charge in [-0.2, -0.15) is 0 Å². The minimum Gasteiger partial charge on any atom is -0.386 e. The Morgan fingerprint density at radius 3 is 3.14 bits per heavy atom. The van der Waals surface area contributed by atoms with Gasteiger partial charge in [-0.05, 0) is 26.0 Å². The Morgan fingerprint density at radius 1 is 1.50 bits per heavy atom. The van der Waals surface area contributed by atoms with Gasteiger partial charge in [0.05, 0.1) is 22.7 Å². The summed E-state index contributed by atoms with van der Waals surface area (Å²) in [6.45, 7) is 3.04. The van der Waals surface area contributed by atoms with E-state index >= 15 is 0 Å². The summed E-state index contributed by atoms with van der Waals surface area (Å²) in [5, 5.41) is 17.6. The number of piperidine rings is 1. The maximum Gasteiger partial charge on any atom is 0.153 e. The first-order valence-corrected chi connectivity index (χ1v) is 8.55. The van der Waals surface area contributed by atoms with Crippen LogP contribution in [0.4, 0.5) is 0 Å². The second-order valence-corrected chi connectivity index (χ2v) is 7.67. The van der Waals surface area contributed by atoms with Gasteiger partial charge in [0.2, 0.25) is 0 Å². The Hall–Kier alpha value is -0.920. The van der Waals surface area contributed by atoms with Crippen molar-refractivity contribution in [3.63, 3.8) is 0 Å². The molecule has 2 aromatic heterocycles. The smallest absolute Gasteiger partial charge is 0.153 e. The molecule has 118 valence electrons. The van der Waals surface area contributed by atoms with E-state index in [9.17, 15) is 5.11 Å². The van der Waals surface area contributed by atoms with Crippen LogP contribution in [0, 0.1) is 6.92 Å². The van der Waals surface area contributed by atoms with Gasteiger partial charge >= 0.3 is 0 Å². The molecule has 0 aliphatic carbocycles. The summed E-state index contributed by atoms with van der Waals surface area (Å²) in [6, 6.07) is 3.88. The number of thiophene rings is 1. The molecule has 0 amide bonds. The molecule has 4 rings (SSSR count). The first-order chi connectivity index (χ1) is 10.6. The van der Waals surface area contributed by atoms with Crippen LogP contribution in [0.15, 0.2) is 16.7 Å². The highest BCUT2D eigenvalue weighted by atomic mass is 35.5. The van der Waals surface area contributed by atoms with Crippen molar-refractivity contribution in [2.45, 2.75) is 37.5 Å². The molecule has 2 aliphatic heterocycles. The molecule has 2 aliphatic rings. The van der Waals surface area contributed by atoms with Crippen molar-refractivity contribution in [2.24, 2.45) is 0 Å². The van der Waals surface area contributed by atoms with Crippen molar-refractivity contribution in [3.8, 4) is 0 Å². The molecule has 0 saturated carbocycles. The average molecular weight is 341 g/mol. The van der Waals surface area contributed by atoms with E-state index in [2.05, 4.69) is 10.5 Å². The number of halogens is 1. The van der Waals surface area contributed by atoms with Gasteiger partial charge in [0.25, 0.3) is 0 Å². The minimum absolute atomic E-state index is 0.0546. The molecule has 1 unspecified atom stereocenters. The highest BCUT2D eigenvalue weighted by molar-refractivity contribution is 7.16. The van der Waals surface area contributed by atoms with Gasteiger partial charge in [-0.3, -0.25) is 0 Å². The van der Waals surface area contributed by atoms with Crippen LogP contribution in [0.3, 0.4) is 0 Å². The Bertz CT molecular complexity index is 701. The maximum absolute atomic E-state index is 10.2. The predicted octanol–water partition coefficient (Wildman–Crippen LogP) is 3.08. The topological polar surface area (TPSA) is 67.5 Å². The van der Waals surface area contributed by atoms with E-state index in [-0.39, 0.29) is 6.04 Å². The van der Waals surface area contributed by atoms with Crippen LogP contribution in [0.2, 0.25) is 4.34 Å². The number of fused-ring (bicyclic) bond motifs is 2. The van der Waals surface area contributed by atoms with Crippen LogP contribution in [0.1, 0.15) is 46.9 Å². The van der Waals surface area contributed by atoms with E-state index < -0.39 is 11.7 Å². The molecule has 2 aromatic rings. The molecule has 7 heteroatoms. The average Bonchev–Trinajstić information content (AvgIpc) is 3.11. The molecular formula is C15H17ClN2O3S. The van der Waals surface area contributed by atoms with Crippen LogP contribution in [0.25, 0.3) is 0 Å². The summed E-state index contributed by atoms with van der Waals surface area (Å²) in [7, 11) is 0. The van der Waals surface area contributed by atoms with E-state index in [1.54, 1.807) is 0 Å². The van der Waals surface area contributed by atoms with Crippen LogP contribution in [-0.4, -0.2) is 23.4 Å². The zero-order valence-electron chi connectivity index (χ0n) is 12.1. The molecule has 0 bridgehead atoms. The third-order valence-corrected chi connectivity index (χ3v) is 5.93. The van der Waals surface area contributed by atoms with Gasteiger partial charge in [0.1, 0.15) is 11.7 Å². The van der Waals surface area contributed by atoms with E-state index in [4.69, 9.17) is 20.9 Å². The van der Waals surface area contributed by atoms with E-state index in [0.29, 0.717) is 10.9 Å². The Balaban J connectivity index is 1.70. The minimum atomic E-state index is -0.592. The van der Waals surface area contributed by atoms with Crippen molar-refractivity contribution in [1.29, 1.82) is 0 Å². The number of hydrogen-bond acceptors (Lipinski definition) is 6. The van der Waals surface area contributed by atoms with Crippen LogP contribution in [0.5, 0.6) is 0 Å². The van der Waals surface area contributed by atoms with Gasteiger partial charge in [-0.15, -0.1) is 11.3 Å². The molecule has 0 aromatic carbocycles. The third kappa shape index (κ3) is 2.30. The summed E-state index contributed by atoms with van der Waals surface area (Å²) in [6.07, 6.45) is 1.01. The van der Waals surface area contributed by atoms with E-state index in [1.807, 2.05) is 19.1 Å². The SMILES string of the molecule is Cc1cc([C@@H]2C[C@]3(CCN2)OCC(O)c2cc(Cl)sc23)on1. The summed E-state index contributed by atoms with van der Waals surface area (Å²) in [5.41, 5.74) is 1.38. The van der Waals surface area contributed by atoms with Crippen molar-refractivity contribution in [3.05, 3.63) is 38.4 Å². The number of aliphatic hydroxyl groups is 1. The first-order valence-electron chi connectivity index (χ1n) is 7.36. The Labute approximate surface area is 137 Å². The molecule has 22 heavy (non-hydrogen) atoms. The lowest BCUT2D eigenvalue weighted by Crippen LogP contribution is -2.46. The standard InChI is InChI=1S/C15H17ClN2O3S/c1-8-4-12(21-18-8)10-6-15(2-3-17-10)14-9(5-13(16)22-14)11(19)7-20-15/h4-5,10-11,17,19H,2-3,6-7H2,1H3/t10-,11?,15-/m0/s1. The lowest BCUT2D eigenvalue weighted by molar-refractivity contribution is -0.124. The molecule has 0 radical (unpaired) electrons. The number of aryl methyl sites for hydroxylation is 1. The van der Waals surface area contributed by atoms with Gasteiger partial charge in [-0.25, -0.2) is 0 Å². The quantitative estimate of drug-likeness (QED) is 0.835. The van der Waals surface area contributed by atoms with E-state index in [1.165, 1.54) is 11.3 Å². The largest absolute Gasteiger partial charge is 0.386 e. The number of nitrogens with one attached hydrogen (secondary N) is 1. The highest BCUT2D eigenvalue weighted by Gasteiger charge is 2.46. The van der Waals surface area contributed by atoms with Crippen molar-refractivity contribution in [2.75, 3.05) is 13.2 Å². The number of aromatic nitrogens is 1. The number of aliphatic hydroxyl groups excluding tert-OH is 1. The predicted molar refractivity (Wildman–Crippen MR) is 83.1 cm³/mol. The van der Waals surface area contributed by atoms with Crippen molar-refractivity contribution in [1.82, 2.24) is 10.5 Å². The van der Waals surface area contributed by atoms with Gasteiger partial charge in [-0.1, -0.05) is 16.8 Å². The lowest BCUT2D eigenvalue weighted by Gasteiger charge is -2.44. The molecule has 3 atom stereocenters. The second kappa shape index (κ2) is 5.32. The van der Waals surface area contributed by atoms with Gasteiger partial charge in [0, 0.05) is 22.9 Å². The molecule has 2 N–H and O–H groups in total. The summed E-state index contributed by atoms with van der Waals surface area (Å²) in [4.78, 5) is 1.05. The molecule has 1 saturated heterocycles. The number of ether oxygens (including phenoxy) is 1. The van der Waals surface area contributed by atoms with Crippen LogP contribution in [-0.2, 0) is 10.3 Å². The fraction of sp³-hybridized carbons (Fsp3) is 0.533. The van der Waals surface area contributed by atoms with Crippen molar-refractivity contribution < 1.29 is 14.4 Å². The molecule has 1 fully saturated rings. The summed E-state index contributed by atoms with van der Waals surface area (Å²) < 4.78 is 12.2. The van der Waals surface area contributed by atoms with Crippen LogP contribution < -0.4 is 5.32 Å². The van der Waals surface area contributed by atoms with Gasteiger partial charge < -0.3 is 19.7 Å². The normalized spacial score (nSPS) is 31.4. The number of nitrogens with zero attached hydrogens (tertiary/aromatic N) is 1. The first kappa shape index (κ1) is 14.7. The highest BCUT2D eigenvalue weighted by Crippen LogP contribution is 2.50. The van der Waals surface area contributed by atoms with Crippen LogP contribution >= 0.6 is 22.9 Å². The fourth-order valence-electron chi connectivity index (χ4n) is 3.41. The summed E-state index contributed by atoms with van der Waals surface area (Å²) in [5.74, 6) is 0.829. The fourth-order valence-corrected chi connectivity index (χ4v) is 4.88. The Kier molecular flexibility index (Phi) is 3.54. The molecule has 5 nitrogen and oxygen atoms in total. The molecule has 4 heterocycles. The third-order valence-electron chi connectivity index (χ3n) is 4.46. The van der Waals surface area contributed by atoms with E-state index in [0.717, 1.165) is 41.3 Å². The maximum atomic E-state index is 10.2. The monoisotopic (exact) mass is 340 g/mol. The van der Waals surface area contributed by atoms with Gasteiger partial charge in [0.15, 0.2) is 5.76 Å². The van der Waals surface area contributed by atoms with Crippen molar-refractivity contribution >= 4 is 22.9 Å². The molecule has 1 spiro atoms. The zero-order chi connectivity index (χ0) is 15.3. The second-order valence-electron chi connectivity index (χ2n) is 5.99. The number of rotatable bonds is 1. The Morgan fingerprint density at radius 2 is 2.36 bits per heavy atom. The number of hydrogen-bond donors (Lipinski definition) is 2. The molecular weight excluding hydrogens is 324 g/mol. The zero-order valence-corrected chi connectivity index (χ0v) is 13.7.